The molecule has 16 heavy (non-hydrogen) atoms. The zero-order chi connectivity index (χ0) is 11.5. The number of piperidine rings is 1. The van der Waals surface area contributed by atoms with E-state index in [1.807, 2.05) is 0 Å². The van der Waals surface area contributed by atoms with Crippen LogP contribution in [0.2, 0.25) is 0 Å². The summed E-state index contributed by atoms with van der Waals surface area (Å²) in [6, 6.07) is 2.22. The molecule has 1 fully saturated rings. The van der Waals surface area contributed by atoms with Gasteiger partial charge in [-0.25, -0.2) is 9.97 Å². The summed E-state index contributed by atoms with van der Waals surface area (Å²) in [5.74, 6) is 1.18. The molecule has 1 aromatic heterocycles. The van der Waals surface area contributed by atoms with Gasteiger partial charge in [-0.3, -0.25) is 0 Å². The maximum absolute atomic E-state index is 8.97. The van der Waals surface area contributed by atoms with Crippen LogP contribution in [-0.4, -0.2) is 29.1 Å². The molecule has 1 aliphatic rings. The van der Waals surface area contributed by atoms with Crippen molar-refractivity contribution in [2.24, 2.45) is 11.7 Å². The zero-order valence-corrected chi connectivity index (χ0v) is 9.30. The van der Waals surface area contributed by atoms with Crippen molar-refractivity contribution in [3.05, 3.63) is 18.1 Å². The van der Waals surface area contributed by atoms with E-state index >= 15 is 0 Å². The fraction of sp³-hybridized carbons (Fsp3) is 0.545. The summed E-state index contributed by atoms with van der Waals surface area (Å²) in [6.45, 7) is 3.80. The van der Waals surface area contributed by atoms with Crippen molar-refractivity contribution in [2.75, 3.05) is 18.0 Å². The lowest BCUT2D eigenvalue weighted by Crippen LogP contribution is -2.47. The van der Waals surface area contributed by atoms with Gasteiger partial charge in [-0.2, -0.15) is 5.26 Å². The first-order chi connectivity index (χ1) is 7.70. The maximum atomic E-state index is 8.97. The molecule has 1 aliphatic heterocycles. The summed E-state index contributed by atoms with van der Waals surface area (Å²) < 4.78 is 0. The molecule has 0 saturated carbocycles. The van der Waals surface area contributed by atoms with E-state index in [0.29, 0.717) is 17.4 Å². The van der Waals surface area contributed by atoms with Crippen LogP contribution >= 0.6 is 0 Å². The quantitative estimate of drug-likeness (QED) is 0.742. The second kappa shape index (κ2) is 4.45. The van der Waals surface area contributed by atoms with Crippen LogP contribution < -0.4 is 10.6 Å². The van der Waals surface area contributed by atoms with Crippen molar-refractivity contribution >= 4 is 5.82 Å². The molecule has 2 rings (SSSR count). The molecule has 0 amide bonds. The molecule has 1 saturated heterocycles. The summed E-state index contributed by atoms with van der Waals surface area (Å²) in [5.41, 5.74) is 6.35. The van der Waals surface area contributed by atoms with Crippen LogP contribution in [0.3, 0.4) is 0 Å². The third-order valence-electron chi connectivity index (χ3n) is 2.78. The standard InChI is InChI=1S/C11H15N5/c1-8-4-9(13)7-16(6-8)11-10(5-12)14-2-3-15-11/h2-3,8-9H,4,6-7,13H2,1H3. The van der Waals surface area contributed by atoms with Crippen molar-refractivity contribution in [3.8, 4) is 6.07 Å². The molecular weight excluding hydrogens is 202 g/mol. The van der Waals surface area contributed by atoms with Crippen LogP contribution in [0.15, 0.2) is 12.4 Å². The largest absolute Gasteiger partial charge is 0.352 e. The molecule has 84 valence electrons. The molecule has 5 nitrogen and oxygen atoms in total. The number of nitriles is 1. The predicted octanol–water partition coefficient (Wildman–Crippen LogP) is 0.522. The van der Waals surface area contributed by atoms with Gasteiger partial charge < -0.3 is 10.6 Å². The minimum absolute atomic E-state index is 0.150. The summed E-state index contributed by atoms with van der Waals surface area (Å²) in [5, 5.41) is 8.97. The maximum Gasteiger partial charge on any atom is 0.183 e. The topological polar surface area (TPSA) is 78.8 Å². The molecule has 1 aromatic rings. The van der Waals surface area contributed by atoms with Crippen molar-refractivity contribution in [2.45, 2.75) is 19.4 Å². The lowest BCUT2D eigenvalue weighted by Gasteiger charge is -2.35. The van der Waals surface area contributed by atoms with Gasteiger partial charge in [0.1, 0.15) is 6.07 Å². The highest BCUT2D eigenvalue weighted by molar-refractivity contribution is 5.50. The molecule has 2 unspecified atom stereocenters. The minimum Gasteiger partial charge on any atom is -0.352 e. The molecular formula is C11H15N5. The average molecular weight is 217 g/mol. The third-order valence-corrected chi connectivity index (χ3v) is 2.78. The van der Waals surface area contributed by atoms with Crippen molar-refractivity contribution in [1.82, 2.24) is 9.97 Å². The van der Waals surface area contributed by atoms with Crippen molar-refractivity contribution < 1.29 is 0 Å². The first-order valence-electron chi connectivity index (χ1n) is 5.42. The number of anilines is 1. The fourth-order valence-corrected chi connectivity index (χ4v) is 2.21. The van der Waals surface area contributed by atoms with Gasteiger partial charge in [0.05, 0.1) is 0 Å². The minimum atomic E-state index is 0.150. The van der Waals surface area contributed by atoms with E-state index in [-0.39, 0.29) is 6.04 Å². The number of rotatable bonds is 1. The molecule has 2 atom stereocenters. The number of hydrogen-bond donors (Lipinski definition) is 1. The van der Waals surface area contributed by atoms with Crippen LogP contribution in [-0.2, 0) is 0 Å². The Morgan fingerprint density at radius 1 is 1.44 bits per heavy atom. The van der Waals surface area contributed by atoms with E-state index in [9.17, 15) is 0 Å². The second-order valence-electron chi connectivity index (χ2n) is 4.35. The number of nitrogens with zero attached hydrogens (tertiary/aromatic N) is 4. The highest BCUT2D eigenvalue weighted by atomic mass is 15.2. The highest BCUT2D eigenvalue weighted by Gasteiger charge is 2.24. The second-order valence-corrected chi connectivity index (χ2v) is 4.35. The first kappa shape index (κ1) is 10.8. The van der Waals surface area contributed by atoms with E-state index in [1.165, 1.54) is 6.20 Å². The zero-order valence-electron chi connectivity index (χ0n) is 9.30. The lowest BCUT2D eigenvalue weighted by atomic mass is 9.96. The fourth-order valence-electron chi connectivity index (χ4n) is 2.21. The van der Waals surface area contributed by atoms with Crippen LogP contribution in [0.25, 0.3) is 0 Å². The van der Waals surface area contributed by atoms with E-state index in [2.05, 4.69) is 27.9 Å². The van der Waals surface area contributed by atoms with E-state index in [4.69, 9.17) is 11.0 Å². The molecule has 0 aromatic carbocycles. The van der Waals surface area contributed by atoms with Crippen molar-refractivity contribution in [3.63, 3.8) is 0 Å². The summed E-state index contributed by atoms with van der Waals surface area (Å²) in [7, 11) is 0. The number of aromatic nitrogens is 2. The third kappa shape index (κ3) is 2.12. The molecule has 0 bridgehead atoms. The van der Waals surface area contributed by atoms with Crippen LogP contribution in [0.1, 0.15) is 19.0 Å². The molecule has 5 heteroatoms. The monoisotopic (exact) mass is 217 g/mol. The molecule has 0 radical (unpaired) electrons. The number of nitrogens with two attached hydrogens (primary N) is 1. The Bertz CT molecular complexity index is 401. The highest BCUT2D eigenvalue weighted by Crippen LogP contribution is 2.22. The van der Waals surface area contributed by atoms with Gasteiger partial charge in [0.2, 0.25) is 0 Å². The van der Waals surface area contributed by atoms with E-state index < -0.39 is 0 Å². The SMILES string of the molecule is CC1CC(N)CN(c2nccnc2C#N)C1. The lowest BCUT2D eigenvalue weighted by molar-refractivity contribution is 0.399. The Labute approximate surface area is 94.9 Å². The van der Waals surface area contributed by atoms with Gasteiger partial charge in [0.25, 0.3) is 0 Å². The van der Waals surface area contributed by atoms with E-state index in [0.717, 1.165) is 19.5 Å². The normalized spacial score (nSPS) is 25.2. The smallest absolute Gasteiger partial charge is 0.183 e. The summed E-state index contributed by atoms with van der Waals surface area (Å²) >= 11 is 0. The Balaban J connectivity index is 2.26. The van der Waals surface area contributed by atoms with E-state index in [1.54, 1.807) is 6.20 Å². The number of hydrogen-bond acceptors (Lipinski definition) is 5. The van der Waals surface area contributed by atoms with Gasteiger partial charge in [-0.05, 0) is 12.3 Å². The van der Waals surface area contributed by atoms with Crippen LogP contribution in [0, 0.1) is 17.2 Å². The Kier molecular flexibility index (Phi) is 3.02. The molecule has 0 spiro atoms. The predicted molar refractivity (Wildman–Crippen MR) is 60.7 cm³/mol. The average Bonchev–Trinajstić information content (AvgIpc) is 2.27. The molecule has 0 aliphatic carbocycles. The Morgan fingerprint density at radius 2 is 2.19 bits per heavy atom. The van der Waals surface area contributed by atoms with Crippen molar-refractivity contribution in [1.29, 1.82) is 5.26 Å². The van der Waals surface area contributed by atoms with Gasteiger partial charge in [0, 0.05) is 31.5 Å². The van der Waals surface area contributed by atoms with Crippen LogP contribution in [0.4, 0.5) is 5.82 Å². The molecule has 2 N–H and O–H groups in total. The Hall–Kier alpha value is -1.67. The summed E-state index contributed by atoms with van der Waals surface area (Å²) in [6.07, 6.45) is 4.18. The van der Waals surface area contributed by atoms with Gasteiger partial charge in [0.15, 0.2) is 11.5 Å². The Morgan fingerprint density at radius 3 is 2.88 bits per heavy atom. The first-order valence-corrected chi connectivity index (χ1v) is 5.42. The van der Waals surface area contributed by atoms with Gasteiger partial charge >= 0.3 is 0 Å². The van der Waals surface area contributed by atoms with Gasteiger partial charge in [-0.1, -0.05) is 6.92 Å². The van der Waals surface area contributed by atoms with Crippen LogP contribution in [0.5, 0.6) is 0 Å². The molecule has 2 heterocycles. The van der Waals surface area contributed by atoms with Gasteiger partial charge in [-0.15, -0.1) is 0 Å². The summed E-state index contributed by atoms with van der Waals surface area (Å²) in [4.78, 5) is 10.3.